The molecule has 0 radical (unpaired) electrons. The minimum Gasteiger partial charge on any atom is -0.481 e. The predicted octanol–water partition coefficient (Wildman–Crippen LogP) is 5.09. The van der Waals surface area contributed by atoms with Crippen molar-refractivity contribution in [2.45, 2.75) is 25.7 Å². The van der Waals surface area contributed by atoms with E-state index in [4.69, 9.17) is 23.2 Å². The molecule has 0 fully saturated rings. The number of hydrogen-bond donors (Lipinski definition) is 1. The van der Waals surface area contributed by atoms with E-state index >= 15 is 0 Å². The number of rotatable bonds is 6. The zero-order valence-corrected chi connectivity index (χ0v) is 16.5. The van der Waals surface area contributed by atoms with Crippen molar-refractivity contribution in [3.05, 3.63) is 69.5 Å². The highest BCUT2D eigenvalue weighted by Crippen LogP contribution is 2.41. The lowest BCUT2D eigenvalue weighted by Crippen LogP contribution is -2.08. The number of carbonyl (C=O) groups is 1. The van der Waals surface area contributed by atoms with Crippen LogP contribution in [0.5, 0.6) is 0 Å². The fourth-order valence-corrected chi connectivity index (χ4v) is 3.76. The van der Waals surface area contributed by atoms with E-state index in [1.165, 1.54) is 0 Å². The molecule has 0 saturated carbocycles. The Bertz CT molecular complexity index is 971. The molecule has 0 aliphatic heterocycles. The first kappa shape index (κ1) is 19.4. The van der Waals surface area contributed by atoms with Gasteiger partial charge in [0.2, 0.25) is 0 Å². The van der Waals surface area contributed by atoms with E-state index < -0.39 is 5.97 Å². The third-order valence-electron chi connectivity index (χ3n) is 4.52. The summed E-state index contributed by atoms with van der Waals surface area (Å²) >= 11 is 12.7. The molecule has 7 heteroatoms. The van der Waals surface area contributed by atoms with Crippen LogP contribution in [0.4, 0.5) is 0 Å². The molecular formula is C20H19Cl2N3O2. The number of nitrogens with zero attached hydrogens (tertiary/aromatic N) is 3. The molecule has 140 valence electrons. The molecule has 0 aliphatic carbocycles. The Morgan fingerprint density at radius 2 is 2.04 bits per heavy atom. The van der Waals surface area contributed by atoms with Crippen molar-refractivity contribution >= 4 is 29.2 Å². The maximum atomic E-state index is 11.3. The summed E-state index contributed by atoms with van der Waals surface area (Å²) in [5, 5.41) is 14.9. The monoisotopic (exact) mass is 403 g/mol. The van der Waals surface area contributed by atoms with E-state index in [1.54, 1.807) is 17.9 Å². The van der Waals surface area contributed by atoms with Gasteiger partial charge in [0, 0.05) is 36.2 Å². The summed E-state index contributed by atoms with van der Waals surface area (Å²) in [7, 11) is 1.77. The zero-order valence-electron chi connectivity index (χ0n) is 15.0. The molecule has 3 rings (SSSR count). The van der Waals surface area contributed by atoms with Crippen LogP contribution in [0.15, 0.2) is 42.6 Å². The second kappa shape index (κ2) is 8.11. The summed E-state index contributed by atoms with van der Waals surface area (Å²) in [6.45, 7) is 1.96. The van der Waals surface area contributed by atoms with Gasteiger partial charge in [-0.2, -0.15) is 5.10 Å². The number of carboxylic acids is 1. The Kier molecular flexibility index (Phi) is 5.82. The highest BCUT2D eigenvalue weighted by atomic mass is 35.5. The predicted molar refractivity (Wildman–Crippen MR) is 106 cm³/mol. The normalized spacial score (nSPS) is 12.1. The third-order valence-corrected chi connectivity index (χ3v) is 5.20. The molecule has 0 bridgehead atoms. The van der Waals surface area contributed by atoms with E-state index in [0.29, 0.717) is 28.0 Å². The molecule has 2 heterocycles. The van der Waals surface area contributed by atoms with Crippen molar-refractivity contribution in [2.24, 2.45) is 7.05 Å². The van der Waals surface area contributed by atoms with Gasteiger partial charge in [-0.05, 0) is 48.7 Å². The summed E-state index contributed by atoms with van der Waals surface area (Å²) in [4.78, 5) is 15.7. The largest absolute Gasteiger partial charge is 0.481 e. The third kappa shape index (κ3) is 4.15. The first-order valence-electron chi connectivity index (χ1n) is 8.50. The van der Waals surface area contributed by atoms with Gasteiger partial charge in [-0.25, -0.2) is 0 Å². The Labute approximate surface area is 167 Å². The molecule has 1 aromatic carbocycles. The Morgan fingerprint density at radius 1 is 1.26 bits per heavy atom. The number of hydrogen-bond acceptors (Lipinski definition) is 3. The number of halogens is 2. The summed E-state index contributed by atoms with van der Waals surface area (Å²) in [5.74, 6) is -1.09. The molecule has 27 heavy (non-hydrogen) atoms. The molecule has 3 aromatic rings. The number of aromatic nitrogens is 3. The molecular weight excluding hydrogens is 385 g/mol. The SMILES string of the molecule is Cc1cc(Cl)ccc1C(CCC(=O)O)c1c(-c2ccccn2)nn(C)c1Cl. The standard InChI is InChI=1S/C20H19Cl2N3O2/c1-12-11-13(21)6-7-14(12)15(8-9-17(26)27)18-19(24-25(2)20(18)22)16-5-3-4-10-23-16/h3-7,10-11,15H,8-9H2,1-2H3,(H,26,27). The molecule has 0 amide bonds. The van der Waals surface area contributed by atoms with Crippen LogP contribution in [0.1, 0.15) is 35.4 Å². The first-order valence-corrected chi connectivity index (χ1v) is 9.25. The van der Waals surface area contributed by atoms with Crippen LogP contribution in [0, 0.1) is 6.92 Å². The van der Waals surface area contributed by atoms with E-state index in [2.05, 4.69) is 10.1 Å². The van der Waals surface area contributed by atoms with E-state index in [0.717, 1.165) is 16.7 Å². The van der Waals surface area contributed by atoms with Crippen LogP contribution in [0.25, 0.3) is 11.4 Å². The highest BCUT2D eigenvalue weighted by Gasteiger charge is 2.28. The molecule has 1 N–H and O–H groups in total. The molecule has 0 spiro atoms. The van der Waals surface area contributed by atoms with Crippen molar-refractivity contribution in [1.82, 2.24) is 14.8 Å². The minimum absolute atomic E-state index is 0.0135. The second-order valence-electron chi connectivity index (χ2n) is 6.38. The van der Waals surface area contributed by atoms with Crippen LogP contribution in [0.2, 0.25) is 10.2 Å². The highest BCUT2D eigenvalue weighted by molar-refractivity contribution is 6.31. The maximum Gasteiger partial charge on any atom is 0.303 e. The van der Waals surface area contributed by atoms with Gasteiger partial charge < -0.3 is 5.11 Å². The summed E-state index contributed by atoms with van der Waals surface area (Å²) in [6, 6.07) is 11.2. The molecule has 2 aromatic heterocycles. The Balaban J connectivity index is 2.19. The summed E-state index contributed by atoms with van der Waals surface area (Å²) < 4.78 is 1.60. The first-order chi connectivity index (χ1) is 12.9. The lowest BCUT2D eigenvalue weighted by atomic mass is 9.84. The lowest BCUT2D eigenvalue weighted by molar-refractivity contribution is -0.137. The van der Waals surface area contributed by atoms with E-state index in [-0.39, 0.29) is 12.3 Å². The van der Waals surface area contributed by atoms with Gasteiger partial charge in [0.15, 0.2) is 0 Å². The number of aliphatic carboxylic acids is 1. The average Bonchev–Trinajstić information content (AvgIpc) is 2.93. The Hall–Kier alpha value is -2.37. The number of carboxylic acid groups (broad SMARTS) is 1. The topological polar surface area (TPSA) is 68.0 Å². The fourth-order valence-electron chi connectivity index (χ4n) is 3.27. The van der Waals surface area contributed by atoms with Gasteiger partial charge in [-0.3, -0.25) is 14.5 Å². The second-order valence-corrected chi connectivity index (χ2v) is 7.17. The van der Waals surface area contributed by atoms with Crippen molar-refractivity contribution in [3.63, 3.8) is 0 Å². The summed E-state index contributed by atoms with van der Waals surface area (Å²) in [5.41, 5.74) is 4.09. The minimum atomic E-state index is -0.856. The zero-order chi connectivity index (χ0) is 19.6. The molecule has 0 saturated heterocycles. The molecule has 1 unspecified atom stereocenters. The average molecular weight is 404 g/mol. The van der Waals surface area contributed by atoms with Gasteiger partial charge >= 0.3 is 5.97 Å². The van der Waals surface area contributed by atoms with Gasteiger partial charge in [0.05, 0.1) is 5.69 Å². The van der Waals surface area contributed by atoms with Crippen molar-refractivity contribution < 1.29 is 9.90 Å². The molecule has 5 nitrogen and oxygen atoms in total. The number of pyridine rings is 1. The Morgan fingerprint density at radius 3 is 2.67 bits per heavy atom. The van der Waals surface area contributed by atoms with Crippen LogP contribution >= 0.6 is 23.2 Å². The van der Waals surface area contributed by atoms with Crippen molar-refractivity contribution in [3.8, 4) is 11.4 Å². The van der Waals surface area contributed by atoms with Gasteiger partial charge in [-0.15, -0.1) is 0 Å². The van der Waals surface area contributed by atoms with Crippen LogP contribution in [-0.4, -0.2) is 25.8 Å². The summed E-state index contributed by atoms with van der Waals surface area (Å²) in [6.07, 6.45) is 2.10. The smallest absolute Gasteiger partial charge is 0.303 e. The van der Waals surface area contributed by atoms with Crippen LogP contribution in [0.3, 0.4) is 0 Å². The van der Waals surface area contributed by atoms with Crippen LogP contribution < -0.4 is 0 Å². The van der Waals surface area contributed by atoms with Crippen LogP contribution in [-0.2, 0) is 11.8 Å². The number of aryl methyl sites for hydroxylation is 2. The number of benzene rings is 1. The van der Waals surface area contributed by atoms with Gasteiger partial charge in [0.1, 0.15) is 10.8 Å². The van der Waals surface area contributed by atoms with E-state index in [1.807, 2.05) is 43.3 Å². The van der Waals surface area contributed by atoms with Gasteiger partial charge in [-0.1, -0.05) is 35.3 Å². The lowest BCUT2D eigenvalue weighted by Gasteiger charge is -2.20. The molecule has 1 atom stereocenters. The quantitative estimate of drug-likeness (QED) is 0.621. The van der Waals surface area contributed by atoms with E-state index in [9.17, 15) is 9.90 Å². The molecule has 0 aliphatic rings. The fraction of sp³-hybridized carbons (Fsp3) is 0.250. The van der Waals surface area contributed by atoms with Crippen molar-refractivity contribution in [1.29, 1.82) is 0 Å². The maximum absolute atomic E-state index is 11.3. The van der Waals surface area contributed by atoms with Crippen molar-refractivity contribution in [2.75, 3.05) is 0 Å². The van der Waals surface area contributed by atoms with Gasteiger partial charge in [0.25, 0.3) is 0 Å².